The zero-order valence-electron chi connectivity index (χ0n) is 14.5. The Labute approximate surface area is 151 Å². The van der Waals surface area contributed by atoms with Crippen LogP contribution in [0.15, 0.2) is 24.3 Å². The highest BCUT2D eigenvalue weighted by Crippen LogP contribution is 2.17. The van der Waals surface area contributed by atoms with Crippen LogP contribution in [0.25, 0.3) is 0 Å². The van der Waals surface area contributed by atoms with E-state index in [-0.39, 0.29) is 11.8 Å². The molecule has 0 unspecified atom stereocenters. The van der Waals surface area contributed by atoms with Crippen molar-refractivity contribution < 1.29 is 18.7 Å². The third kappa shape index (κ3) is 5.52. The number of hydrogen-bond donors (Lipinski definition) is 1. The number of hydrogen-bond acceptors (Lipinski definition) is 5. The molecule has 25 heavy (non-hydrogen) atoms. The number of urea groups is 1. The van der Waals surface area contributed by atoms with Gasteiger partial charge in [-0.3, -0.25) is 0 Å². The fourth-order valence-corrected chi connectivity index (χ4v) is 3.16. The molecule has 1 aromatic rings. The summed E-state index contributed by atoms with van der Waals surface area (Å²) in [6, 6.07) is 5.46. The van der Waals surface area contributed by atoms with Crippen LogP contribution in [0.4, 0.5) is 14.9 Å². The van der Waals surface area contributed by atoms with Crippen LogP contribution in [0.1, 0.15) is 6.42 Å². The van der Waals surface area contributed by atoms with Crippen LogP contribution < -0.4 is 10.2 Å². The number of benzene rings is 1. The van der Waals surface area contributed by atoms with Gasteiger partial charge in [-0.1, -0.05) is 0 Å². The van der Waals surface area contributed by atoms with Crippen molar-refractivity contribution >= 4 is 29.4 Å². The second-order valence-electron chi connectivity index (χ2n) is 5.76. The number of methoxy groups -OCH3 is 1. The van der Waals surface area contributed by atoms with Crippen LogP contribution in [0.3, 0.4) is 0 Å². The molecule has 8 heteroatoms. The Hall–Kier alpha value is -1.96. The van der Waals surface area contributed by atoms with Crippen molar-refractivity contribution in [1.29, 1.82) is 0 Å². The van der Waals surface area contributed by atoms with Gasteiger partial charge in [0.15, 0.2) is 0 Å². The number of esters is 1. The second-order valence-corrected chi connectivity index (χ2v) is 6.74. The normalized spacial score (nSPS) is 15.6. The van der Waals surface area contributed by atoms with Crippen molar-refractivity contribution in [3.8, 4) is 0 Å². The molecule has 138 valence electrons. The number of nitrogens with one attached hydrogen (secondary N) is 1. The Bertz CT molecular complexity index is 577. The highest BCUT2D eigenvalue weighted by molar-refractivity contribution is 7.98. The van der Waals surface area contributed by atoms with Gasteiger partial charge in [-0.05, 0) is 42.7 Å². The van der Waals surface area contributed by atoms with E-state index in [2.05, 4.69) is 10.2 Å². The minimum atomic E-state index is -0.625. The molecule has 1 atom stereocenters. The first-order chi connectivity index (χ1) is 12.0. The number of rotatable bonds is 6. The molecule has 0 bridgehead atoms. The summed E-state index contributed by atoms with van der Waals surface area (Å²) >= 11 is 1.61. The Kier molecular flexibility index (Phi) is 7.36. The average molecular weight is 369 g/mol. The molecule has 1 aliphatic heterocycles. The lowest BCUT2D eigenvalue weighted by atomic mass is 10.2. The van der Waals surface area contributed by atoms with Crippen molar-refractivity contribution in [2.75, 3.05) is 50.2 Å². The van der Waals surface area contributed by atoms with Gasteiger partial charge in [0.05, 0.1) is 7.11 Å². The number of carbonyl (C=O) groups excluding carboxylic acids is 2. The fourth-order valence-electron chi connectivity index (χ4n) is 2.69. The van der Waals surface area contributed by atoms with E-state index in [1.54, 1.807) is 28.8 Å². The zero-order valence-corrected chi connectivity index (χ0v) is 15.4. The monoisotopic (exact) mass is 369 g/mol. The molecule has 1 saturated heterocycles. The Morgan fingerprint density at radius 3 is 2.44 bits per heavy atom. The molecule has 1 N–H and O–H groups in total. The van der Waals surface area contributed by atoms with Gasteiger partial charge in [0.1, 0.15) is 11.9 Å². The molecule has 1 heterocycles. The summed E-state index contributed by atoms with van der Waals surface area (Å²) < 4.78 is 17.8. The van der Waals surface area contributed by atoms with Gasteiger partial charge in [0.2, 0.25) is 0 Å². The average Bonchev–Trinajstić information content (AvgIpc) is 2.65. The number of piperazine rings is 1. The third-order valence-corrected chi connectivity index (χ3v) is 4.80. The number of thioether (sulfide) groups is 1. The van der Waals surface area contributed by atoms with Crippen LogP contribution in [-0.4, -0.2) is 68.2 Å². The summed E-state index contributed by atoms with van der Waals surface area (Å²) in [6.45, 7) is 2.40. The van der Waals surface area contributed by atoms with E-state index in [9.17, 15) is 14.0 Å². The minimum Gasteiger partial charge on any atom is -0.467 e. The third-order valence-electron chi connectivity index (χ3n) is 4.15. The van der Waals surface area contributed by atoms with Gasteiger partial charge < -0.3 is 19.9 Å². The number of ether oxygens (including phenoxy) is 1. The molecule has 0 aliphatic carbocycles. The number of amides is 2. The summed E-state index contributed by atoms with van der Waals surface area (Å²) in [5, 5.41) is 2.77. The Balaban J connectivity index is 1.87. The molecular weight excluding hydrogens is 345 g/mol. The van der Waals surface area contributed by atoms with E-state index in [1.165, 1.54) is 19.2 Å². The number of anilines is 1. The summed E-state index contributed by atoms with van der Waals surface area (Å²) in [6.07, 6.45) is 2.49. The number of carbonyl (C=O) groups is 2. The van der Waals surface area contributed by atoms with Gasteiger partial charge in [-0.25, -0.2) is 14.0 Å². The molecule has 1 aromatic carbocycles. The standard InChI is InChI=1S/C17H24FN3O3S/c1-24-16(22)15(7-12-25-2)19-17(23)21-10-8-20(9-11-21)14-5-3-13(18)4-6-14/h3-6,15H,7-12H2,1-2H3,(H,19,23)/t15-/m0/s1. The maximum Gasteiger partial charge on any atom is 0.328 e. The molecule has 0 saturated carbocycles. The van der Waals surface area contributed by atoms with Gasteiger partial charge in [0.25, 0.3) is 0 Å². The highest BCUT2D eigenvalue weighted by atomic mass is 32.2. The van der Waals surface area contributed by atoms with Crippen LogP contribution >= 0.6 is 11.8 Å². The molecule has 0 radical (unpaired) electrons. The maximum absolute atomic E-state index is 13.0. The number of nitrogens with zero attached hydrogens (tertiary/aromatic N) is 2. The largest absolute Gasteiger partial charge is 0.467 e. The molecule has 1 aliphatic rings. The molecule has 2 rings (SSSR count). The summed E-state index contributed by atoms with van der Waals surface area (Å²) in [7, 11) is 1.32. The van der Waals surface area contributed by atoms with Gasteiger partial charge in [0, 0.05) is 31.9 Å². The van der Waals surface area contributed by atoms with Crippen molar-refractivity contribution in [3.63, 3.8) is 0 Å². The fraction of sp³-hybridized carbons (Fsp3) is 0.529. The van der Waals surface area contributed by atoms with Gasteiger partial charge in [-0.2, -0.15) is 11.8 Å². The van der Waals surface area contributed by atoms with E-state index < -0.39 is 12.0 Å². The lowest BCUT2D eigenvalue weighted by Crippen LogP contribution is -2.55. The Morgan fingerprint density at radius 2 is 1.88 bits per heavy atom. The summed E-state index contributed by atoms with van der Waals surface area (Å²) in [4.78, 5) is 28.0. The van der Waals surface area contributed by atoms with E-state index in [1.807, 2.05) is 6.26 Å². The topological polar surface area (TPSA) is 61.9 Å². The van der Waals surface area contributed by atoms with Gasteiger partial charge in [-0.15, -0.1) is 0 Å². The van der Waals surface area contributed by atoms with Crippen molar-refractivity contribution in [1.82, 2.24) is 10.2 Å². The van der Waals surface area contributed by atoms with Crippen LogP contribution in [0, 0.1) is 5.82 Å². The lowest BCUT2D eigenvalue weighted by molar-refractivity contribution is -0.142. The van der Waals surface area contributed by atoms with E-state index in [0.29, 0.717) is 32.6 Å². The first-order valence-electron chi connectivity index (χ1n) is 8.18. The van der Waals surface area contributed by atoms with E-state index in [0.717, 1.165) is 11.4 Å². The van der Waals surface area contributed by atoms with E-state index >= 15 is 0 Å². The van der Waals surface area contributed by atoms with Gasteiger partial charge >= 0.3 is 12.0 Å². The summed E-state index contributed by atoms with van der Waals surface area (Å²) in [5.74, 6) is 0.0754. The molecule has 6 nitrogen and oxygen atoms in total. The minimum absolute atomic E-state index is 0.254. The smallest absolute Gasteiger partial charge is 0.328 e. The van der Waals surface area contributed by atoms with Crippen molar-refractivity contribution in [2.24, 2.45) is 0 Å². The first kappa shape index (κ1) is 19.4. The SMILES string of the molecule is COC(=O)[C@H](CCSC)NC(=O)N1CCN(c2ccc(F)cc2)CC1. The first-order valence-corrected chi connectivity index (χ1v) is 9.57. The summed E-state index contributed by atoms with van der Waals surface area (Å²) in [5.41, 5.74) is 0.939. The maximum atomic E-state index is 13.0. The molecule has 2 amide bonds. The van der Waals surface area contributed by atoms with Crippen molar-refractivity contribution in [2.45, 2.75) is 12.5 Å². The van der Waals surface area contributed by atoms with Crippen molar-refractivity contribution in [3.05, 3.63) is 30.1 Å². The second kappa shape index (κ2) is 9.50. The zero-order chi connectivity index (χ0) is 18.2. The van der Waals surface area contributed by atoms with Crippen LogP contribution in [-0.2, 0) is 9.53 Å². The molecule has 0 spiro atoms. The predicted molar refractivity (Wildman–Crippen MR) is 97.5 cm³/mol. The quantitative estimate of drug-likeness (QED) is 0.777. The molecule has 0 aromatic heterocycles. The lowest BCUT2D eigenvalue weighted by Gasteiger charge is -2.36. The van der Waals surface area contributed by atoms with Crippen LogP contribution in [0.2, 0.25) is 0 Å². The molecular formula is C17H24FN3O3S. The Morgan fingerprint density at radius 1 is 1.24 bits per heavy atom. The number of halogens is 1. The van der Waals surface area contributed by atoms with Crippen LogP contribution in [0.5, 0.6) is 0 Å². The van der Waals surface area contributed by atoms with E-state index in [4.69, 9.17) is 4.74 Å². The highest BCUT2D eigenvalue weighted by Gasteiger charge is 2.26. The molecule has 1 fully saturated rings. The predicted octanol–water partition coefficient (Wildman–Crippen LogP) is 1.95.